The van der Waals surface area contributed by atoms with Gasteiger partial charge in [-0.25, -0.2) is 8.42 Å². The Kier molecular flexibility index (Phi) is 6.67. The maximum atomic E-state index is 13.2. The number of anilines is 1. The third kappa shape index (κ3) is 4.44. The molecule has 1 unspecified atom stereocenters. The monoisotopic (exact) mass is 432 g/mol. The third-order valence-electron chi connectivity index (χ3n) is 5.51. The Morgan fingerprint density at radius 1 is 1.13 bits per heavy atom. The van der Waals surface area contributed by atoms with Crippen LogP contribution >= 0.6 is 0 Å². The van der Waals surface area contributed by atoms with E-state index in [1.165, 1.54) is 4.31 Å². The van der Waals surface area contributed by atoms with Crippen LogP contribution in [0.15, 0.2) is 47.4 Å². The average Bonchev–Trinajstić information content (AvgIpc) is 2.78. The van der Waals surface area contributed by atoms with Crippen molar-refractivity contribution in [2.24, 2.45) is 5.92 Å². The van der Waals surface area contributed by atoms with Gasteiger partial charge in [-0.2, -0.15) is 4.31 Å². The molecule has 0 aromatic heterocycles. The molecule has 0 N–H and O–H groups in total. The summed E-state index contributed by atoms with van der Waals surface area (Å²) in [7, 11) is 1.14. The van der Waals surface area contributed by atoms with E-state index in [1.807, 2.05) is 25.1 Å². The molecule has 30 heavy (non-hydrogen) atoms. The lowest BCUT2D eigenvalue weighted by Crippen LogP contribution is -2.46. The number of piperidine rings is 1. The van der Waals surface area contributed by atoms with E-state index in [-0.39, 0.29) is 17.3 Å². The number of ether oxygens (including phenoxy) is 2. The smallest absolute Gasteiger partial charge is 0.243 e. The molecule has 0 saturated carbocycles. The summed E-state index contributed by atoms with van der Waals surface area (Å²) in [5.74, 6) is 0.800. The zero-order valence-electron chi connectivity index (χ0n) is 17.8. The molecule has 0 bridgehead atoms. The standard InChI is InChI=1S/C22H28N2O5S/c1-16-13-20(10-11-21(16)29-4)30(26,27)24-12-6-7-17(15-24)22(25)23(2)18-8-5-9-19(14-18)28-3/h5,8-11,13-14,17H,6-7,12,15H2,1-4H3. The number of hydrogen-bond donors (Lipinski definition) is 0. The van der Waals surface area contributed by atoms with Crippen molar-refractivity contribution in [2.75, 3.05) is 39.3 Å². The summed E-state index contributed by atoms with van der Waals surface area (Å²) in [6.45, 7) is 2.38. The molecule has 162 valence electrons. The summed E-state index contributed by atoms with van der Waals surface area (Å²) < 4.78 is 38.2. The van der Waals surface area contributed by atoms with E-state index in [1.54, 1.807) is 50.4 Å². The lowest BCUT2D eigenvalue weighted by Gasteiger charge is -2.33. The minimum atomic E-state index is -3.69. The highest BCUT2D eigenvalue weighted by Gasteiger charge is 2.35. The van der Waals surface area contributed by atoms with Crippen LogP contribution in [0.25, 0.3) is 0 Å². The number of benzene rings is 2. The second-order valence-corrected chi connectivity index (χ2v) is 9.37. The lowest BCUT2D eigenvalue weighted by molar-refractivity contribution is -0.123. The van der Waals surface area contributed by atoms with E-state index in [4.69, 9.17) is 9.47 Å². The highest BCUT2D eigenvalue weighted by Crippen LogP contribution is 2.29. The van der Waals surface area contributed by atoms with Crippen molar-refractivity contribution in [1.29, 1.82) is 0 Å². The molecule has 7 nitrogen and oxygen atoms in total. The van der Waals surface area contributed by atoms with Gasteiger partial charge in [0.1, 0.15) is 11.5 Å². The van der Waals surface area contributed by atoms with Crippen LogP contribution in [0.3, 0.4) is 0 Å². The van der Waals surface area contributed by atoms with Crippen molar-refractivity contribution in [1.82, 2.24) is 4.31 Å². The van der Waals surface area contributed by atoms with E-state index in [0.717, 1.165) is 5.56 Å². The molecule has 1 heterocycles. The number of carbonyl (C=O) groups is 1. The minimum Gasteiger partial charge on any atom is -0.497 e. The van der Waals surface area contributed by atoms with Crippen LogP contribution in [0.2, 0.25) is 0 Å². The maximum Gasteiger partial charge on any atom is 0.243 e. The predicted molar refractivity (Wildman–Crippen MR) is 116 cm³/mol. The quantitative estimate of drug-likeness (QED) is 0.701. The first-order valence-electron chi connectivity index (χ1n) is 9.84. The van der Waals surface area contributed by atoms with Crippen LogP contribution in [0.5, 0.6) is 11.5 Å². The van der Waals surface area contributed by atoms with Gasteiger partial charge in [-0.1, -0.05) is 6.07 Å². The predicted octanol–water partition coefficient (Wildman–Crippen LogP) is 3.08. The number of amides is 1. The Morgan fingerprint density at radius 2 is 1.90 bits per heavy atom. The molecule has 1 saturated heterocycles. The van der Waals surface area contributed by atoms with Crippen LogP contribution in [0.4, 0.5) is 5.69 Å². The van der Waals surface area contributed by atoms with Crippen LogP contribution in [0, 0.1) is 12.8 Å². The average molecular weight is 433 g/mol. The number of aryl methyl sites for hydroxylation is 1. The van der Waals surface area contributed by atoms with Gasteiger partial charge in [0, 0.05) is 31.9 Å². The molecule has 1 atom stereocenters. The van der Waals surface area contributed by atoms with Gasteiger partial charge in [0.2, 0.25) is 15.9 Å². The van der Waals surface area contributed by atoms with E-state index >= 15 is 0 Å². The van der Waals surface area contributed by atoms with Crippen molar-refractivity contribution >= 4 is 21.6 Å². The summed E-state index contributed by atoms with van der Waals surface area (Å²) in [5.41, 5.74) is 1.46. The van der Waals surface area contributed by atoms with Gasteiger partial charge in [0.25, 0.3) is 0 Å². The molecule has 8 heteroatoms. The molecule has 1 fully saturated rings. The zero-order valence-corrected chi connectivity index (χ0v) is 18.6. The molecule has 2 aromatic carbocycles. The Labute approximate surface area is 178 Å². The fourth-order valence-electron chi connectivity index (χ4n) is 3.74. The van der Waals surface area contributed by atoms with Gasteiger partial charge in [-0.05, 0) is 55.7 Å². The summed E-state index contributed by atoms with van der Waals surface area (Å²) in [4.78, 5) is 14.9. The van der Waals surface area contributed by atoms with E-state index < -0.39 is 15.9 Å². The van der Waals surface area contributed by atoms with Crippen LogP contribution in [-0.2, 0) is 14.8 Å². The number of methoxy groups -OCH3 is 2. The Balaban J connectivity index is 1.78. The number of carbonyl (C=O) groups excluding carboxylic acids is 1. The first kappa shape index (κ1) is 22.1. The molecule has 1 aliphatic rings. The first-order valence-corrected chi connectivity index (χ1v) is 11.3. The van der Waals surface area contributed by atoms with Crippen molar-refractivity contribution < 1.29 is 22.7 Å². The van der Waals surface area contributed by atoms with Gasteiger partial charge in [-0.3, -0.25) is 4.79 Å². The van der Waals surface area contributed by atoms with Crippen molar-refractivity contribution in [3.8, 4) is 11.5 Å². The highest BCUT2D eigenvalue weighted by atomic mass is 32.2. The van der Waals surface area contributed by atoms with Crippen molar-refractivity contribution in [2.45, 2.75) is 24.7 Å². The largest absolute Gasteiger partial charge is 0.497 e. The fourth-order valence-corrected chi connectivity index (χ4v) is 5.35. The molecular formula is C22H28N2O5S. The Bertz CT molecular complexity index is 1020. The summed E-state index contributed by atoms with van der Waals surface area (Å²) in [6, 6.07) is 12.1. The zero-order chi connectivity index (χ0) is 21.9. The first-order chi connectivity index (χ1) is 14.3. The summed E-state index contributed by atoms with van der Waals surface area (Å²) >= 11 is 0. The minimum absolute atomic E-state index is 0.103. The molecule has 1 amide bonds. The van der Waals surface area contributed by atoms with Gasteiger partial charge in [0.05, 0.1) is 25.0 Å². The summed E-state index contributed by atoms with van der Waals surface area (Å²) in [5, 5.41) is 0. The van der Waals surface area contributed by atoms with Crippen LogP contribution in [-0.4, -0.2) is 53.0 Å². The maximum absolute atomic E-state index is 13.2. The molecule has 0 aliphatic carbocycles. The van der Waals surface area contributed by atoms with Crippen LogP contribution < -0.4 is 14.4 Å². The fraction of sp³-hybridized carbons (Fsp3) is 0.409. The Hall–Kier alpha value is -2.58. The third-order valence-corrected chi connectivity index (χ3v) is 7.37. The van der Waals surface area contributed by atoms with Crippen molar-refractivity contribution in [3.63, 3.8) is 0 Å². The second kappa shape index (κ2) is 9.06. The molecule has 0 radical (unpaired) electrons. The molecule has 1 aliphatic heterocycles. The normalized spacial score (nSPS) is 17.4. The number of nitrogens with zero attached hydrogens (tertiary/aromatic N) is 2. The topological polar surface area (TPSA) is 76.2 Å². The van der Waals surface area contributed by atoms with E-state index in [9.17, 15) is 13.2 Å². The lowest BCUT2D eigenvalue weighted by atomic mass is 9.98. The SMILES string of the molecule is COc1cccc(N(C)C(=O)C2CCCN(S(=O)(=O)c3ccc(OC)c(C)c3)C2)c1. The van der Waals surface area contributed by atoms with Gasteiger partial charge < -0.3 is 14.4 Å². The Morgan fingerprint density at radius 3 is 2.57 bits per heavy atom. The molecule has 0 spiro atoms. The number of rotatable bonds is 6. The van der Waals surface area contributed by atoms with E-state index in [0.29, 0.717) is 36.6 Å². The highest BCUT2D eigenvalue weighted by molar-refractivity contribution is 7.89. The molecule has 2 aromatic rings. The van der Waals surface area contributed by atoms with Gasteiger partial charge in [-0.15, -0.1) is 0 Å². The van der Waals surface area contributed by atoms with Gasteiger partial charge in [0.15, 0.2) is 0 Å². The number of sulfonamides is 1. The van der Waals surface area contributed by atoms with Gasteiger partial charge >= 0.3 is 0 Å². The van der Waals surface area contributed by atoms with Crippen LogP contribution in [0.1, 0.15) is 18.4 Å². The van der Waals surface area contributed by atoms with Crippen molar-refractivity contribution in [3.05, 3.63) is 48.0 Å². The second-order valence-electron chi connectivity index (χ2n) is 7.43. The molecular weight excluding hydrogens is 404 g/mol. The number of hydrogen-bond acceptors (Lipinski definition) is 5. The van der Waals surface area contributed by atoms with E-state index in [2.05, 4.69) is 0 Å². The molecule has 3 rings (SSSR count). The summed E-state index contributed by atoms with van der Waals surface area (Å²) in [6.07, 6.45) is 1.29.